The molecule has 0 radical (unpaired) electrons. The third-order valence-corrected chi connectivity index (χ3v) is 7.90. The Balaban J connectivity index is 1.73. The van der Waals surface area contributed by atoms with Crippen LogP contribution in [0.15, 0.2) is 46.2 Å². The zero-order chi connectivity index (χ0) is 21.2. The SMILES string of the molecule is COc1cc(SC)ccc1C(=O)N1CCN(S(=O)(=O)c2ccc(C)c(C)c2)CC1. The number of carbonyl (C=O) groups excluding carboxylic acids is 1. The fourth-order valence-electron chi connectivity index (χ4n) is 3.30. The monoisotopic (exact) mass is 434 g/mol. The van der Waals surface area contributed by atoms with Crippen LogP contribution in [0.25, 0.3) is 0 Å². The van der Waals surface area contributed by atoms with Crippen molar-refractivity contribution in [2.75, 3.05) is 39.5 Å². The van der Waals surface area contributed by atoms with Crippen LogP contribution in [0.1, 0.15) is 21.5 Å². The van der Waals surface area contributed by atoms with E-state index in [0.29, 0.717) is 29.3 Å². The van der Waals surface area contributed by atoms with E-state index in [1.165, 1.54) is 4.31 Å². The normalized spacial score (nSPS) is 15.4. The van der Waals surface area contributed by atoms with E-state index < -0.39 is 10.0 Å². The number of nitrogens with zero attached hydrogens (tertiary/aromatic N) is 2. The van der Waals surface area contributed by atoms with E-state index in [9.17, 15) is 13.2 Å². The van der Waals surface area contributed by atoms with Crippen molar-refractivity contribution in [2.45, 2.75) is 23.6 Å². The lowest BCUT2D eigenvalue weighted by Gasteiger charge is -2.34. The first-order valence-electron chi connectivity index (χ1n) is 9.36. The molecule has 0 atom stereocenters. The molecule has 3 rings (SSSR count). The third kappa shape index (κ3) is 4.44. The number of hydrogen-bond acceptors (Lipinski definition) is 5. The van der Waals surface area contributed by atoms with Gasteiger partial charge in [0.05, 0.1) is 17.6 Å². The Hall–Kier alpha value is -2.03. The summed E-state index contributed by atoms with van der Waals surface area (Å²) in [6.07, 6.45) is 1.96. The van der Waals surface area contributed by atoms with Crippen LogP contribution < -0.4 is 4.74 Å². The number of aryl methyl sites for hydroxylation is 2. The first-order chi connectivity index (χ1) is 13.8. The number of amides is 1. The van der Waals surface area contributed by atoms with Gasteiger partial charge in [-0.05, 0) is 61.6 Å². The molecule has 1 saturated heterocycles. The van der Waals surface area contributed by atoms with Crippen LogP contribution in [0.5, 0.6) is 5.75 Å². The number of rotatable bonds is 5. The van der Waals surface area contributed by atoms with Gasteiger partial charge in [0.15, 0.2) is 0 Å². The molecule has 29 heavy (non-hydrogen) atoms. The van der Waals surface area contributed by atoms with Crippen molar-refractivity contribution in [1.29, 1.82) is 0 Å². The number of ether oxygens (including phenoxy) is 1. The molecule has 1 amide bonds. The van der Waals surface area contributed by atoms with E-state index in [1.807, 2.05) is 38.3 Å². The average Bonchev–Trinajstić information content (AvgIpc) is 2.74. The quantitative estimate of drug-likeness (QED) is 0.676. The summed E-state index contributed by atoms with van der Waals surface area (Å²) in [5.74, 6) is 0.393. The summed E-state index contributed by atoms with van der Waals surface area (Å²) in [5.41, 5.74) is 2.50. The molecule has 0 bridgehead atoms. The second kappa shape index (κ2) is 8.77. The summed E-state index contributed by atoms with van der Waals surface area (Å²) in [6, 6.07) is 10.7. The molecule has 1 aliphatic rings. The Bertz CT molecular complexity index is 1010. The van der Waals surface area contributed by atoms with Gasteiger partial charge in [0, 0.05) is 31.1 Å². The smallest absolute Gasteiger partial charge is 0.257 e. The van der Waals surface area contributed by atoms with Gasteiger partial charge in [0.1, 0.15) is 5.75 Å². The number of hydrogen-bond donors (Lipinski definition) is 0. The molecule has 1 heterocycles. The molecule has 1 aliphatic heterocycles. The van der Waals surface area contributed by atoms with E-state index in [1.54, 1.807) is 42.0 Å². The molecule has 2 aromatic rings. The van der Waals surface area contributed by atoms with E-state index in [0.717, 1.165) is 16.0 Å². The fraction of sp³-hybridized carbons (Fsp3) is 0.381. The van der Waals surface area contributed by atoms with Crippen LogP contribution in [0.3, 0.4) is 0 Å². The van der Waals surface area contributed by atoms with Gasteiger partial charge in [-0.1, -0.05) is 6.07 Å². The van der Waals surface area contributed by atoms with Crippen molar-refractivity contribution in [3.05, 3.63) is 53.1 Å². The van der Waals surface area contributed by atoms with Gasteiger partial charge in [-0.3, -0.25) is 4.79 Å². The molecule has 0 spiro atoms. The van der Waals surface area contributed by atoms with Crippen molar-refractivity contribution < 1.29 is 17.9 Å². The largest absolute Gasteiger partial charge is 0.496 e. The van der Waals surface area contributed by atoms with Gasteiger partial charge in [0.2, 0.25) is 10.0 Å². The van der Waals surface area contributed by atoms with E-state index in [-0.39, 0.29) is 19.0 Å². The number of thioether (sulfide) groups is 1. The Morgan fingerprint density at radius 1 is 1.00 bits per heavy atom. The highest BCUT2D eigenvalue weighted by atomic mass is 32.2. The van der Waals surface area contributed by atoms with Crippen LogP contribution in [0, 0.1) is 13.8 Å². The second-order valence-electron chi connectivity index (χ2n) is 7.01. The molecule has 0 aromatic heterocycles. The highest BCUT2D eigenvalue weighted by molar-refractivity contribution is 7.98. The maximum Gasteiger partial charge on any atom is 0.257 e. The minimum atomic E-state index is -3.57. The maximum absolute atomic E-state index is 13.0. The molecule has 0 N–H and O–H groups in total. The molecule has 2 aromatic carbocycles. The van der Waals surface area contributed by atoms with Crippen LogP contribution in [-0.4, -0.2) is 63.1 Å². The Morgan fingerprint density at radius 3 is 2.28 bits per heavy atom. The predicted octanol–water partition coefficient (Wildman–Crippen LogP) is 3.18. The summed E-state index contributed by atoms with van der Waals surface area (Å²) in [7, 11) is -2.02. The molecule has 0 saturated carbocycles. The van der Waals surface area contributed by atoms with E-state index in [2.05, 4.69) is 0 Å². The lowest BCUT2D eigenvalue weighted by molar-refractivity contribution is 0.0694. The van der Waals surface area contributed by atoms with Gasteiger partial charge in [-0.2, -0.15) is 4.31 Å². The molecule has 0 aliphatic carbocycles. The molecule has 0 unspecified atom stereocenters. The number of carbonyl (C=O) groups is 1. The van der Waals surface area contributed by atoms with Gasteiger partial charge in [-0.25, -0.2) is 8.42 Å². The van der Waals surface area contributed by atoms with Crippen LogP contribution in [0.2, 0.25) is 0 Å². The molecule has 6 nitrogen and oxygen atoms in total. The van der Waals surface area contributed by atoms with Gasteiger partial charge >= 0.3 is 0 Å². The summed E-state index contributed by atoms with van der Waals surface area (Å²) >= 11 is 1.58. The standard InChI is InChI=1S/C21H26N2O4S2/c1-15-5-7-18(13-16(15)2)29(25,26)23-11-9-22(10-12-23)21(24)19-8-6-17(28-4)14-20(19)27-3/h5-8,13-14H,9-12H2,1-4H3. The summed E-state index contributed by atoms with van der Waals surface area (Å²) in [6.45, 7) is 5.09. The van der Waals surface area contributed by atoms with Gasteiger partial charge in [0.25, 0.3) is 5.91 Å². The lowest BCUT2D eigenvalue weighted by Crippen LogP contribution is -2.50. The highest BCUT2D eigenvalue weighted by Crippen LogP contribution is 2.27. The first kappa shape index (κ1) is 21.7. The van der Waals surface area contributed by atoms with Crippen molar-refractivity contribution in [1.82, 2.24) is 9.21 Å². The maximum atomic E-state index is 13.0. The summed E-state index contributed by atoms with van der Waals surface area (Å²) < 4.78 is 32.8. The van der Waals surface area contributed by atoms with Crippen molar-refractivity contribution in [3.8, 4) is 5.75 Å². The molecular weight excluding hydrogens is 408 g/mol. The number of sulfonamides is 1. The minimum Gasteiger partial charge on any atom is -0.496 e. The second-order valence-corrected chi connectivity index (χ2v) is 9.83. The number of benzene rings is 2. The van der Waals surface area contributed by atoms with Gasteiger partial charge in [-0.15, -0.1) is 11.8 Å². The average molecular weight is 435 g/mol. The highest BCUT2D eigenvalue weighted by Gasteiger charge is 2.31. The third-order valence-electron chi connectivity index (χ3n) is 5.28. The summed E-state index contributed by atoms with van der Waals surface area (Å²) in [4.78, 5) is 16.0. The van der Waals surface area contributed by atoms with Crippen molar-refractivity contribution in [2.24, 2.45) is 0 Å². The Labute approximate surface area is 176 Å². The van der Waals surface area contributed by atoms with Crippen molar-refractivity contribution >= 4 is 27.7 Å². The van der Waals surface area contributed by atoms with E-state index >= 15 is 0 Å². The first-order valence-corrected chi connectivity index (χ1v) is 12.0. The fourth-order valence-corrected chi connectivity index (χ4v) is 5.24. The summed E-state index contributed by atoms with van der Waals surface area (Å²) in [5, 5.41) is 0. The molecule has 1 fully saturated rings. The number of piperazine rings is 1. The topological polar surface area (TPSA) is 66.9 Å². The van der Waals surface area contributed by atoms with Crippen LogP contribution in [-0.2, 0) is 10.0 Å². The van der Waals surface area contributed by atoms with Crippen LogP contribution >= 0.6 is 11.8 Å². The van der Waals surface area contributed by atoms with E-state index in [4.69, 9.17) is 4.74 Å². The predicted molar refractivity (Wildman–Crippen MR) is 115 cm³/mol. The Morgan fingerprint density at radius 2 is 1.69 bits per heavy atom. The van der Waals surface area contributed by atoms with Crippen LogP contribution in [0.4, 0.5) is 0 Å². The molecule has 8 heteroatoms. The number of methoxy groups -OCH3 is 1. The Kier molecular flexibility index (Phi) is 6.55. The van der Waals surface area contributed by atoms with Crippen molar-refractivity contribution in [3.63, 3.8) is 0 Å². The molecule has 156 valence electrons. The molecular formula is C21H26N2O4S2. The minimum absolute atomic E-state index is 0.141. The zero-order valence-electron chi connectivity index (χ0n) is 17.1. The van der Waals surface area contributed by atoms with Gasteiger partial charge < -0.3 is 9.64 Å². The lowest BCUT2D eigenvalue weighted by atomic mass is 10.1. The zero-order valence-corrected chi connectivity index (χ0v) is 18.8.